The third-order valence-corrected chi connectivity index (χ3v) is 4.76. The van der Waals surface area contributed by atoms with Crippen molar-refractivity contribution < 1.29 is 23.1 Å². The highest BCUT2D eigenvalue weighted by Gasteiger charge is 2.27. The van der Waals surface area contributed by atoms with E-state index in [9.17, 15) is 18.3 Å². The number of carbonyl (C=O) groups is 1. The molecule has 0 aliphatic carbocycles. The summed E-state index contributed by atoms with van der Waals surface area (Å²) in [7, 11) is -2.89. The molecule has 0 radical (unpaired) electrons. The lowest BCUT2D eigenvalue weighted by Crippen LogP contribution is -2.44. The van der Waals surface area contributed by atoms with Gasteiger partial charge in [-0.15, -0.1) is 0 Å². The van der Waals surface area contributed by atoms with Gasteiger partial charge in [0.2, 0.25) is 10.0 Å². The van der Waals surface area contributed by atoms with Crippen LogP contribution in [0.25, 0.3) is 11.1 Å². The summed E-state index contributed by atoms with van der Waals surface area (Å²) in [5, 5.41) is 9.20. The number of carbonyl (C=O) groups excluding carboxylic acids is 1. The van der Waals surface area contributed by atoms with Crippen LogP contribution in [0.3, 0.4) is 0 Å². The van der Waals surface area contributed by atoms with Gasteiger partial charge in [-0.25, -0.2) is 8.42 Å². The highest BCUT2D eigenvalue weighted by molar-refractivity contribution is 7.89. The van der Waals surface area contributed by atoms with Gasteiger partial charge in [-0.3, -0.25) is 4.79 Å². The van der Waals surface area contributed by atoms with Gasteiger partial charge in [0, 0.05) is 5.56 Å². The van der Waals surface area contributed by atoms with Crippen molar-refractivity contribution in [1.82, 2.24) is 4.72 Å². The van der Waals surface area contributed by atoms with Crippen molar-refractivity contribution >= 4 is 16.0 Å². The summed E-state index contributed by atoms with van der Waals surface area (Å²) < 4.78 is 31.8. The van der Waals surface area contributed by atoms with Crippen LogP contribution in [0.15, 0.2) is 59.5 Å². The molecular formula is C16H17NO5S. The molecule has 0 fully saturated rings. The van der Waals surface area contributed by atoms with Gasteiger partial charge in [0.05, 0.1) is 18.6 Å². The van der Waals surface area contributed by atoms with E-state index in [0.29, 0.717) is 5.56 Å². The molecular weight excluding hydrogens is 318 g/mol. The third-order valence-electron chi connectivity index (χ3n) is 3.23. The monoisotopic (exact) mass is 335 g/mol. The minimum absolute atomic E-state index is 0.0218. The number of esters is 1. The van der Waals surface area contributed by atoms with Crippen molar-refractivity contribution in [3.63, 3.8) is 0 Å². The topological polar surface area (TPSA) is 92.7 Å². The number of aliphatic hydroxyl groups is 1. The van der Waals surface area contributed by atoms with Gasteiger partial charge in [0.1, 0.15) is 6.04 Å². The molecule has 0 aliphatic heterocycles. The molecule has 0 saturated heterocycles. The summed E-state index contributed by atoms with van der Waals surface area (Å²) in [5.41, 5.74) is 1.23. The van der Waals surface area contributed by atoms with Crippen LogP contribution in [-0.4, -0.2) is 39.3 Å². The Morgan fingerprint density at radius 2 is 1.74 bits per heavy atom. The van der Waals surface area contributed by atoms with Gasteiger partial charge in [-0.1, -0.05) is 48.5 Å². The number of benzene rings is 2. The second-order valence-electron chi connectivity index (χ2n) is 4.74. The molecule has 0 aromatic heterocycles. The molecule has 23 heavy (non-hydrogen) atoms. The molecule has 7 heteroatoms. The fourth-order valence-corrected chi connectivity index (χ4v) is 3.52. The van der Waals surface area contributed by atoms with Crippen LogP contribution in [0, 0.1) is 0 Å². The number of ether oxygens (including phenoxy) is 1. The van der Waals surface area contributed by atoms with Gasteiger partial charge < -0.3 is 9.84 Å². The highest BCUT2D eigenvalue weighted by Crippen LogP contribution is 2.27. The Hall–Kier alpha value is -2.22. The Morgan fingerprint density at radius 3 is 2.35 bits per heavy atom. The SMILES string of the molecule is COC(=O)C(CO)NS(=O)(=O)c1ccccc1-c1ccccc1. The maximum Gasteiger partial charge on any atom is 0.326 e. The Morgan fingerprint density at radius 1 is 1.13 bits per heavy atom. The van der Waals surface area contributed by atoms with E-state index in [1.807, 2.05) is 6.07 Å². The summed E-state index contributed by atoms with van der Waals surface area (Å²) >= 11 is 0. The number of sulfonamides is 1. The molecule has 0 heterocycles. The second-order valence-corrected chi connectivity index (χ2v) is 6.42. The van der Waals surface area contributed by atoms with Crippen LogP contribution in [0.4, 0.5) is 0 Å². The summed E-state index contributed by atoms with van der Waals surface area (Å²) in [4.78, 5) is 11.5. The molecule has 0 saturated carbocycles. The van der Waals surface area contributed by atoms with Gasteiger partial charge in [-0.05, 0) is 11.6 Å². The van der Waals surface area contributed by atoms with Crippen LogP contribution in [0.1, 0.15) is 0 Å². The van der Waals surface area contributed by atoms with E-state index in [1.54, 1.807) is 42.5 Å². The number of rotatable bonds is 6. The first-order valence-corrected chi connectivity index (χ1v) is 8.33. The van der Waals surface area contributed by atoms with Gasteiger partial charge in [-0.2, -0.15) is 4.72 Å². The number of nitrogens with one attached hydrogen (secondary N) is 1. The van der Waals surface area contributed by atoms with Gasteiger partial charge in [0.15, 0.2) is 0 Å². The molecule has 0 aliphatic rings. The van der Waals surface area contributed by atoms with E-state index in [2.05, 4.69) is 9.46 Å². The smallest absolute Gasteiger partial charge is 0.326 e. The van der Waals surface area contributed by atoms with E-state index < -0.39 is 28.6 Å². The summed E-state index contributed by atoms with van der Waals surface area (Å²) in [6.45, 7) is -0.695. The lowest BCUT2D eigenvalue weighted by atomic mass is 10.1. The van der Waals surface area contributed by atoms with E-state index in [0.717, 1.165) is 12.7 Å². The highest BCUT2D eigenvalue weighted by atomic mass is 32.2. The molecule has 0 amide bonds. The molecule has 122 valence electrons. The molecule has 2 rings (SSSR count). The molecule has 6 nitrogen and oxygen atoms in total. The zero-order valence-corrected chi connectivity index (χ0v) is 13.3. The Balaban J connectivity index is 2.43. The van der Waals surface area contributed by atoms with Crippen molar-refractivity contribution in [1.29, 1.82) is 0 Å². The molecule has 2 aromatic carbocycles. The lowest BCUT2D eigenvalue weighted by Gasteiger charge is -2.16. The predicted octanol–water partition coefficient (Wildman–Crippen LogP) is 1.17. The number of methoxy groups -OCH3 is 1. The summed E-state index contributed by atoms with van der Waals surface area (Å²) in [6.07, 6.45) is 0. The van der Waals surface area contributed by atoms with Crippen LogP contribution in [0.2, 0.25) is 0 Å². The Labute approximate surface area is 134 Å². The maximum atomic E-state index is 12.6. The number of hydrogen-bond donors (Lipinski definition) is 2. The molecule has 2 N–H and O–H groups in total. The summed E-state index contributed by atoms with van der Waals surface area (Å²) in [5.74, 6) is -0.853. The third kappa shape index (κ3) is 3.95. The number of aliphatic hydroxyl groups excluding tert-OH is 1. The lowest BCUT2D eigenvalue weighted by molar-refractivity contribution is -0.143. The van der Waals surface area contributed by atoms with Crippen molar-refractivity contribution in [3.05, 3.63) is 54.6 Å². The molecule has 0 bridgehead atoms. The normalized spacial score (nSPS) is 12.6. The minimum Gasteiger partial charge on any atom is -0.468 e. The van der Waals surface area contributed by atoms with Crippen molar-refractivity contribution in [2.24, 2.45) is 0 Å². The van der Waals surface area contributed by atoms with Crippen LogP contribution in [-0.2, 0) is 19.6 Å². The predicted molar refractivity (Wildman–Crippen MR) is 85.1 cm³/mol. The van der Waals surface area contributed by atoms with Crippen LogP contribution in [0.5, 0.6) is 0 Å². The largest absolute Gasteiger partial charge is 0.468 e. The minimum atomic E-state index is -4.02. The zero-order valence-electron chi connectivity index (χ0n) is 12.5. The fourth-order valence-electron chi connectivity index (χ4n) is 2.11. The van der Waals surface area contributed by atoms with Crippen molar-refractivity contribution in [2.45, 2.75) is 10.9 Å². The first kappa shape index (κ1) is 17.1. The zero-order chi connectivity index (χ0) is 16.9. The van der Waals surface area contributed by atoms with E-state index in [4.69, 9.17) is 0 Å². The average Bonchev–Trinajstić information content (AvgIpc) is 2.59. The summed E-state index contributed by atoms with van der Waals surface area (Å²) in [6, 6.07) is 14.1. The second kappa shape index (κ2) is 7.36. The van der Waals surface area contributed by atoms with Crippen LogP contribution < -0.4 is 4.72 Å². The Kier molecular flexibility index (Phi) is 5.49. The molecule has 2 aromatic rings. The van der Waals surface area contributed by atoms with E-state index in [-0.39, 0.29) is 4.90 Å². The van der Waals surface area contributed by atoms with Crippen molar-refractivity contribution in [3.8, 4) is 11.1 Å². The molecule has 1 unspecified atom stereocenters. The average molecular weight is 335 g/mol. The Bertz CT molecular complexity index is 774. The van der Waals surface area contributed by atoms with Gasteiger partial charge >= 0.3 is 5.97 Å². The number of hydrogen-bond acceptors (Lipinski definition) is 5. The standard InChI is InChI=1S/C16H17NO5S/c1-22-16(19)14(11-18)17-23(20,21)15-10-6-5-9-13(15)12-7-3-2-4-8-12/h2-10,14,17-18H,11H2,1H3. The molecule has 1 atom stereocenters. The van der Waals surface area contributed by atoms with Crippen molar-refractivity contribution in [2.75, 3.05) is 13.7 Å². The van der Waals surface area contributed by atoms with Crippen LogP contribution >= 0.6 is 0 Å². The molecule has 0 spiro atoms. The van der Waals surface area contributed by atoms with Gasteiger partial charge in [0.25, 0.3) is 0 Å². The fraction of sp³-hybridized carbons (Fsp3) is 0.188. The van der Waals surface area contributed by atoms with E-state index in [1.165, 1.54) is 6.07 Å². The first-order chi connectivity index (χ1) is 11.0. The first-order valence-electron chi connectivity index (χ1n) is 6.85. The van der Waals surface area contributed by atoms with E-state index >= 15 is 0 Å². The maximum absolute atomic E-state index is 12.6. The quantitative estimate of drug-likeness (QED) is 0.773.